The highest BCUT2D eigenvalue weighted by atomic mass is 16.2. The molecule has 1 aliphatic rings. The van der Waals surface area contributed by atoms with Crippen LogP contribution in [0.2, 0.25) is 0 Å². The van der Waals surface area contributed by atoms with Gasteiger partial charge in [0.1, 0.15) is 0 Å². The van der Waals surface area contributed by atoms with Gasteiger partial charge < -0.3 is 5.32 Å². The molecule has 0 radical (unpaired) electrons. The van der Waals surface area contributed by atoms with Crippen molar-refractivity contribution in [2.24, 2.45) is 27.0 Å². The predicted octanol–water partition coefficient (Wildman–Crippen LogP) is 5.72. The minimum atomic E-state index is 0.0426. The van der Waals surface area contributed by atoms with Crippen LogP contribution in [0, 0.1) is 16.7 Å². The van der Waals surface area contributed by atoms with E-state index in [1.54, 1.807) is 0 Å². The number of amides is 1. The Balaban J connectivity index is 1.63. The van der Waals surface area contributed by atoms with E-state index in [0.717, 1.165) is 17.1 Å². The predicted molar refractivity (Wildman–Crippen MR) is 96.7 cm³/mol. The lowest BCUT2D eigenvalue weighted by Gasteiger charge is -2.06. The largest absolute Gasteiger partial charge is 0.326 e. The highest BCUT2D eigenvalue weighted by Crippen LogP contribution is 2.68. The fourth-order valence-corrected chi connectivity index (χ4v) is 3.29. The summed E-state index contributed by atoms with van der Waals surface area (Å²) in [6, 6.07) is 17.0. The van der Waals surface area contributed by atoms with E-state index in [0.29, 0.717) is 0 Å². The van der Waals surface area contributed by atoms with Crippen molar-refractivity contribution in [2.45, 2.75) is 27.7 Å². The van der Waals surface area contributed by atoms with E-state index in [1.165, 1.54) is 0 Å². The summed E-state index contributed by atoms with van der Waals surface area (Å²) in [5.74, 6) is 0.131. The van der Waals surface area contributed by atoms with E-state index < -0.39 is 0 Å². The Bertz CT molecular complexity index is 747. The number of nitrogens with one attached hydrogen (secondary N) is 1. The van der Waals surface area contributed by atoms with Crippen molar-refractivity contribution in [3.8, 4) is 0 Å². The first-order valence-corrected chi connectivity index (χ1v) is 8.20. The molecule has 4 heteroatoms. The first-order valence-electron chi connectivity index (χ1n) is 8.20. The molecule has 0 unspecified atom stereocenters. The molecular formula is C20H23N3O. The lowest BCUT2D eigenvalue weighted by molar-refractivity contribution is -0.118. The quantitative estimate of drug-likeness (QED) is 0.719. The summed E-state index contributed by atoms with van der Waals surface area (Å²) in [5.41, 5.74) is 2.44. The fourth-order valence-electron chi connectivity index (χ4n) is 3.29. The van der Waals surface area contributed by atoms with Crippen LogP contribution in [-0.4, -0.2) is 5.91 Å². The Kier molecular flexibility index (Phi) is 3.99. The third-order valence-electron chi connectivity index (χ3n) is 5.45. The van der Waals surface area contributed by atoms with Crippen molar-refractivity contribution in [1.29, 1.82) is 0 Å². The van der Waals surface area contributed by atoms with Crippen LogP contribution in [0.1, 0.15) is 27.7 Å². The van der Waals surface area contributed by atoms with Crippen LogP contribution in [0.15, 0.2) is 64.8 Å². The molecule has 2 aromatic rings. The summed E-state index contributed by atoms with van der Waals surface area (Å²) in [6.07, 6.45) is 0. The SMILES string of the molecule is CC1(C)C(C(=O)Nc2ccc(N=Nc3ccccc3)cc2)C1(C)C. The molecule has 2 aromatic carbocycles. The zero-order valence-corrected chi connectivity index (χ0v) is 14.6. The maximum Gasteiger partial charge on any atom is 0.228 e. The molecule has 3 rings (SSSR count). The van der Waals surface area contributed by atoms with Crippen molar-refractivity contribution in [2.75, 3.05) is 5.32 Å². The zero-order chi connectivity index (χ0) is 17.4. The second kappa shape index (κ2) is 5.86. The summed E-state index contributed by atoms with van der Waals surface area (Å²) < 4.78 is 0. The Hall–Kier alpha value is -2.49. The Morgan fingerprint density at radius 1 is 0.833 bits per heavy atom. The van der Waals surface area contributed by atoms with Crippen molar-refractivity contribution >= 4 is 23.0 Å². The van der Waals surface area contributed by atoms with Gasteiger partial charge >= 0.3 is 0 Å². The lowest BCUT2D eigenvalue weighted by Crippen LogP contribution is -2.17. The third-order valence-corrected chi connectivity index (χ3v) is 5.45. The van der Waals surface area contributed by atoms with E-state index in [4.69, 9.17) is 0 Å². The summed E-state index contributed by atoms with van der Waals surface area (Å²) in [6.45, 7) is 8.57. The molecule has 0 atom stereocenters. The molecule has 1 aliphatic carbocycles. The zero-order valence-electron chi connectivity index (χ0n) is 14.6. The van der Waals surface area contributed by atoms with Crippen LogP contribution in [0.4, 0.5) is 17.1 Å². The van der Waals surface area contributed by atoms with Gasteiger partial charge in [0.15, 0.2) is 0 Å². The first kappa shape index (κ1) is 16.4. The van der Waals surface area contributed by atoms with Gasteiger partial charge in [0.25, 0.3) is 0 Å². The van der Waals surface area contributed by atoms with Gasteiger partial charge in [-0.2, -0.15) is 10.2 Å². The van der Waals surface area contributed by atoms with Crippen LogP contribution in [0.3, 0.4) is 0 Å². The van der Waals surface area contributed by atoms with Crippen molar-refractivity contribution < 1.29 is 4.79 Å². The van der Waals surface area contributed by atoms with Crippen molar-refractivity contribution in [3.05, 3.63) is 54.6 Å². The van der Waals surface area contributed by atoms with Gasteiger partial charge in [-0.25, -0.2) is 0 Å². The maximum absolute atomic E-state index is 12.4. The molecule has 0 saturated heterocycles. The maximum atomic E-state index is 12.4. The normalized spacial score (nSPS) is 18.5. The van der Waals surface area contributed by atoms with Gasteiger partial charge in [-0.3, -0.25) is 4.79 Å². The Morgan fingerprint density at radius 2 is 1.33 bits per heavy atom. The molecule has 24 heavy (non-hydrogen) atoms. The molecule has 0 aromatic heterocycles. The summed E-state index contributed by atoms with van der Waals surface area (Å²) in [5, 5.41) is 11.4. The topological polar surface area (TPSA) is 53.8 Å². The molecule has 124 valence electrons. The van der Waals surface area contributed by atoms with Gasteiger partial charge in [0.2, 0.25) is 5.91 Å². The number of anilines is 1. The van der Waals surface area contributed by atoms with Gasteiger partial charge in [-0.1, -0.05) is 45.9 Å². The number of hydrogen-bond donors (Lipinski definition) is 1. The first-order chi connectivity index (χ1) is 11.3. The van der Waals surface area contributed by atoms with Crippen LogP contribution in [-0.2, 0) is 4.79 Å². The van der Waals surface area contributed by atoms with Crippen molar-refractivity contribution in [3.63, 3.8) is 0 Å². The number of carbonyl (C=O) groups excluding carboxylic acids is 1. The summed E-state index contributed by atoms with van der Waals surface area (Å²) in [4.78, 5) is 12.4. The van der Waals surface area contributed by atoms with Crippen molar-refractivity contribution in [1.82, 2.24) is 0 Å². The molecule has 1 fully saturated rings. The molecule has 1 saturated carbocycles. The van der Waals surface area contributed by atoms with E-state index in [2.05, 4.69) is 43.2 Å². The van der Waals surface area contributed by atoms with E-state index in [1.807, 2.05) is 54.6 Å². The fraction of sp³-hybridized carbons (Fsp3) is 0.350. The standard InChI is InChI=1S/C20H23N3O/c1-19(2)17(20(19,3)4)18(24)21-14-10-12-16(13-11-14)23-22-15-8-6-5-7-9-15/h5-13,17H,1-4H3,(H,21,24). The van der Waals surface area contributed by atoms with Gasteiger partial charge in [0.05, 0.1) is 11.4 Å². The smallest absolute Gasteiger partial charge is 0.228 e. The number of benzene rings is 2. The minimum absolute atomic E-state index is 0.0426. The number of azo groups is 1. The number of carbonyl (C=O) groups is 1. The lowest BCUT2D eigenvalue weighted by atomic mass is 10.0. The van der Waals surface area contributed by atoms with Crippen LogP contribution >= 0.6 is 0 Å². The molecule has 4 nitrogen and oxygen atoms in total. The molecule has 0 heterocycles. The Labute approximate surface area is 143 Å². The molecular weight excluding hydrogens is 298 g/mol. The number of nitrogens with zero attached hydrogens (tertiary/aromatic N) is 2. The van der Waals surface area contributed by atoms with E-state index in [-0.39, 0.29) is 22.7 Å². The second-order valence-electron chi connectivity index (χ2n) is 7.45. The second-order valence-corrected chi connectivity index (χ2v) is 7.45. The highest BCUT2D eigenvalue weighted by molar-refractivity contribution is 5.96. The summed E-state index contributed by atoms with van der Waals surface area (Å²) in [7, 11) is 0. The third kappa shape index (κ3) is 2.96. The van der Waals surface area contributed by atoms with Crippen LogP contribution < -0.4 is 5.32 Å². The highest BCUT2D eigenvalue weighted by Gasteiger charge is 2.68. The van der Waals surface area contributed by atoms with Gasteiger partial charge in [-0.15, -0.1) is 0 Å². The Morgan fingerprint density at radius 3 is 1.83 bits per heavy atom. The monoisotopic (exact) mass is 321 g/mol. The molecule has 1 N–H and O–H groups in total. The molecule has 1 amide bonds. The summed E-state index contributed by atoms with van der Waals surface area (Å²) >= 11 is 0. The van der Waals surface area contributed by atoms with Crippen LogP contribution in [0.25, 0.3) is 0 Å². The number of hydrogen-bond acceptors (Lipinski definition) is 3. The molecule has 0 aliphatic heterocycles. The van der Waals surface area contributed by atoms with E-state index >= 15 is 0 Å². The number of rotatable bonds is 4. The van der Waals surface area contributed by atoms with Gasteiger partial charge in [0, 0.05) is 11.6 Å². The molecule has 0 bridgehead atoms. The van der Waals surface area contributed by atoms with E-state index in [9.17, 15) is 4.79 Å². The van der Waals surface area contributed by atoms with Gasteiger partial charge in [-0.05, 0) is 47.2 Å². The average Bonchev–Trinajstić information content (AvgIpc) is 2.97. The molecule has 0 spiro atoms. The minimum Gasteiger partial charge on any atom is -0.326 e. The van der Waals surface area contributed by atoms with Crippen LogP contribution in [0.5, 0.6) is 0 Å². The average molecular weight is 321 g/mol.